The highest BCUT2D eigenvalue weighted by Crippen LogP contribution is 2.23. The number of likely N-dealkylation sites (tertiary alicyclic amines) is 1. The van der Waals surface area contributed by atoms with Gasteiger partial charge in [-0.15, -0.1) is 0 Å². The van der Waals surface area contributed by atoms with Gasteiger partial charge in [0.15, 0.2) is 0 Å². The molecule has 3 atom stereocenters. The van der Waals surface area contributed by atoms with Crippen molar-refractivity contribution in [2.45, 2.75) is 43.5 Å². The van der Waals surface area contributed by atoms with Gasteiger partial charge in [-0.3, -0.25) is 4.90 Å². The van der Waals surface area contributed by atoms with Crippen LogP contribution in [0.1, 0.15) is 20.3 Å². The molecule has 2 aromatic carbocycles. The van der Waals surface area contributed by atoms with E-state index in [0.29, 0.717) is 23.9 Å². The molecule has 0 saturated carbocycles. The van der Waals surface area contributed by atoms with E-state index in [-0.39, 0.29) is 11.4 Å². The Labute approximate surface area is 184 Å². The van der Waals surface area contributed by atoms with Crippen molar-refractivity contribution >= 4 is 26.8 Å². The lowest BCUT2D eigenvalue weighted by molar-refractivity contribution is -0.192. The van der Waals surface area contributed by atoms with Crippen LogP contribution < -0.4 is 4.72 Å². The van der Waals surface area contributed by atoms with Crippen LogP contribution in [0, 0.1) is 5.92 Å². The first-order valence-electron chi connectivity index (χ1n) is 10.0. The Bertz CT molecular complexity index is 1020. The van der Waals surface area contributed by atoms with Gasteiger partial charge in [0.2, 0.25) is 10.0 Å². The zero-order valence-electron chi connectivity index (χ0n) is 17.7. The summed E-state index contributed by atoms with van der Waals surface area (Å²) < 4.78 is 59.6. The maximum Gasteiger partial charge on any atom is 0.490 e. The third-order valence-electron chi connectivity index (χ3n) is 5.15. The minimum Gasteiger partial charge on any atom is -0.475 e. The molecular weight excluding hydrogens is 449 g/mol. The number of hydrogen-bond donors (Lipinski definition) is 3. The highest BCUT2D eigenvalue weighted by atomic mass is 32.2. The molecule has 0 radical (unpaired) electrons. The molecule has 11 heteroatoms. The van der Waals surface area contributed by atoms with Crippen molar-refractivity contribution in [3.63, 3.8) is 0 Å². The van der Waals surface area contributed by atoms with Gasteiger partial charge in [-0.2, -0.15) is 13.2 Å². The second kappa shape index (κ2) is 10.6. The standard InChI is InChI=1S/C19H26N2O3S.C2HF3O2/c1-14-10-15(2)21(12-14)13-17(22)11-20-25(23,24)19-9-5-7-16-6-3-4-8-18(16)19;3-2(4,5)1(6)7/h3-9,14-15,17,20,22H,10-13H2,1-2H3;(H,6,7)/t14?,15?,17-;/m1./s1. The maximum absolute atomic E-state index is 12.7. The van der Waals surface area contributed by atoms with Gasteiger partial charge in [-0.05, 0) is 30.7 Å². The van der Waals surface area contributed by atoms with Crippen LogP contribution in [0.2, 0.25) is 0 Å². The van der Waals surface area contributed by atoms with Gasteiger partial charge < -0.3 is 10.2 Å². The van der Waals surface area contributed by atoms with Crippen LogP contribution >= 0.6 is 0 Å². The molecule has 32 heavy (non-hydrogen) atoms. The summed E-state index contributed by atoms with van der Waals surface area (Å²) in [7, 11) is -3.67. The van der Waals surface area contributed by atoms with Crippen LogP contribution in [0.15, 0.2) is 47.4 Å². The molecule has 178 valence electrons. The molecular formula is C21H27F3N2O5S. The van der Waals surface area contributed by atoms with E-state index in [4.69, 9.17) is 9.90 Å². The Balaban J connectivity index is 0.000000451. The van der Waals surface area contributed by atoms with Gasteiger partial charge in [-0.25, -0.2) is 17.9 Å². The van der Waals surface area contributed by atoms with Gasteiger partial charge in [0.25, 0.3) is 0 Å². The summed E-state index contributed by atoms with van der Waals surface area (Å²) >= 11 is 0. The fourth-order valence-corrected chi connectivity index (χ4v) is 4.99. The first kappa shape index (κ1) is 26.0. The average Bonchev–Trinajstić information content (AvgIpc) is 3.02. The number of carboxylic acid groups (broad SMARTS) is 1. The van der Waals surface area contributed by atoms with Gasteiger partial charge in [0.05, 0.1) is 11.0 Å². The molecule has 0 aromatic heterocycles. The number of hydrogen-bond acceptors (Lipinski definition) is 5. The largest absolute Gasteiger partial charge is 0.490 e. The Kier molecular flexibility index (Phi) is 8.63. The van der Waals surface area contributed by atoms with Crippen molar-refractivity contribution in [2.75, 3.05) is 19.6 Å². The number of β-amino-alcohol motifs (C(OH)–C–C–N with tert-alkyl or cyclic N) is 1. The highest BCUT2D eigenvalue weighted by Gasteiger charge is 2.38. The zero-order valence-corrected chi connectivity index (χ0v) is 18.5. The number of carboxylic acids is 1. The van der Waals surface area contributed by atoms with E-state index in [1.54, 1.807) is 18.2 Å². The predicted molar refractivity (Wildman–Crippen MR) is 114 cm³/mol. The molecule has 0 bridgehead atoms. The summed E-state index contributed by atoms with van der Waals surface area (Å²) in [5.41, 5.74) is 0. The van der Waals surface area contributed by atoms with E-state index in [0.717, 1.165) is 18.4 Å². The number of aliphatic carboxylic acids is 1. The fraction of sp³-hybridized carbons (Fsp3) is 0.476. The molecule has 3 rings (SSSR count). The fourth-order valence-electron chi connectivity index (χ4n) is 3.69. The Morgan fingerprint density at radius 2 is 1.78 bits per heavy atom. The van der Waals surface area contributed by atoms with Crippen molar-refractivity contribution in [1.82, 2.24) is 9.62 Å². The zero-order chi connectivity index (χ0) is 24.1. The second-order valence-electron chi connectivity index (χ2n) is 7.93. The van der Waals surface area contributed by atoms with Crippen LogP contribution in [0.25, 0.3) is 10.8 Å². The lowest BCUT2D eigenvalue weighted by Gasteiger charge is -2.24. The Morgan fingerprint density at radius 3 is 2.34 bits per heavy atom. The van der Waals surface area contributed by atoms with Crippen LogP contribution in [-0.2, 0) is 14.8 Å². The van der Waals surface area contributed by atoms with E-state index >= 15 is 0 Å². The molecule has 1 saturated heterocycles. The first-order valence-corrected chi connectivity index (χ1v) is 11.5. The third kappa shape index (κ3) is 7.16. The molecule has 2 aromatic rings. The topological polar surface area (TPSA) is 107 Å². The SMILES string of the molecule is CC1CC(C)N(C[C@H](O)CNS(=O)(=O)c2cccc3ccccc23)C1.O=C(O)C(F)(F)F. The second-order valence-corrected chi connectivity index (χ2v) is 9.67. The van der Waals surface area contributed by atoms with Crippen molar-refractivity contribution in [3.8, 4) is 0 Å². The van der Waals surface area contributed by atoms with Gasteiger partial charge in [-0.1, -0.05) is 43.3 Å². The van der Waals surface area contributed by atoms with Crippen molar-refractivity contribution in [1.29, 1.82) is 0 Å². The summed E-state index contributed by atoms with van der Waals surface area (Å²) in [6.45, 7) is 5.81. The van der Waals surface area contributed by atoms with E-state index in [9.17, 15) is 26.7 Å². The number of halogens is 3. The van der Waals surface area contributed by atoms with Crippen molar-refractivity contribution in [2.24, 2.45) is 5.92 Å². The van der Waals surface area contributed by atoms with Crippen LogP contribution in [-0.4, -0.2) is 67.5 Å². The van der Waals surface area contributed by atoms with Gasteiger partial charge in [0.1, 0.15) is 0 Å². The minimum atomic E-state index is -5.08. The lowest BCUT2D eigenvalue weighted by Crippen LogP contribution is -2.41. The van der Waals surface area contributed by atoms with Gasteiger partial charge >= 0.3 is 12.1 Å². The Morgan fingerprint density at radius 1 is 1.19 bits per heavy atom. The maximum atomic E-state index is 12.7. The number of fused-ring (bicyclic) bond motifs is 1. The molecule has 1 aliphatic rings. The Hall–Kier alpha value is -2.21. The number of aliphatic hydroxyl groups excluding tert-OH is 1. The summed E-state index contributed by atoms with van der Waals surface area (Å²) in [4.78, 5) is 11.4. The normalized spacial score (nSPS) is 20.6. The number of carbonyl (C=O) groups is 1. The number of rotatable bonds is 6. The average molecular weight is 477 g/mol. The number of nitrogens with zero attached hydrogens (tertiary/aromatic N) is 1. The van der Waals surface area contributed by atoms with E-state index in [1.165, 1.54) is 0 Å². The quantitative estimate of drug-likeness (QED) is 0.592. The molecule has 3 N–H and O–H groups in total. The van der Waals surface area contributed by atoms with Crippen LogP contribution in [0.3, 0.4) is 0 Å². The molecule has 0 spiro atoms. The third-order valence-corrected chi connectivity index (χ3v) is 6.63. The monoisotopic (exact) mass is 476 g/mol. The highest BCUT2D eigenvalue weighted by molar-refractivity contribution is 7.89. The predicted octanol–water partition coefficient (Wildman–Crippen LogP) is 2.84. The number of sulfonamides is 1. The van der Waals surface area contributed by atoms with E-state index in [1.807, 2.05) is 24.3 Å². The molecule has 0 amide bonds. The first-order chi connectivity index (χ1) is 14.8. The van der Waals surface area contributed by atoms with Crippen molar-refractivity contribution in [3.05, 3.63) is 42.5 Å². The smallest absolute Gasteiger partial charge is 0.475 e. The lowest BCUT2D eigenvalue weighted by atomic mass is 10.1. The molecule has 0 aliphatic carbocycles. The molecule has 2 unspecified atom stereocenters. The van der Waals surface area contributed by atoms with E-state index in [2.05, 4.69) is 23.5 Å². The summed E-state index contributed by atoms with van der Waals surface area (Å²) in [6.07, 6.45) is -4.69. The number of benzene rings is 2. The summed E-state index contributed by atoms with van der Waals surface area (Å²) in [5, 5.41) is 19.0. The minimum absolute atomic E-state index is 0.0170. The summed E-state index contributed by atoms with van der Waals surface area (Å²) in [6, 6.07) is 13.0. The van der Waals surface area contributed by atoms with Crippen LogP contribution in [0.4, 0.5) is 13.2 Å². The number of alkyl halides is 3. The van der Waals surface area contributed by atoms with Gasteiger partial charge in [0, 0.05) is 31.1 Å². The molecule has 1 aliphatic heterocycles. The molecule has 1 heterocycles. The molecule has 1 fully saturated rings. The number of nitrogens with one attached hydrogen (secondary N) is 1. The van der Waals surface area contributed by atoms with E-state index < -0.39 is 28.3 Å². The van der Waals surface area contributed by atoms with Crippen molar-refractivity contribution < 1.29 is 36.6 Å². The number of aliphatic hydroxyl groups is 1. The summed E-state index contributed by atoms with van der Waals surface area (Å²) in [5.74, 6) is -2.14. The molecule has 7 nitrogen and oxygen atoms in total. The van der Waals surface area contributed by atoms with Crippen LogP contribution in [0.5, 0.6) is 0 Å².